The first-order chi connectivity index (χ1) is 9.56. The number of hydrogen-bond donors (Lipinski definition) is 0. The molecule has 0 unspecified atom stereocenters. The van der Waals surface area contributed by atoms with Gasteiger partial charge in [0.2, 0.25) is 0 Å². The van der Waals surface area contributed by atoms with E-state index in [4.69, 9.17) is 32.7 Å². The largest absolute Gasteiger partial charge is 0.493 e. The van der Waals surface area contributed by atoms with Gasteiger partial charge < -0.3 is 9.47 Å². The quantitative estimate of drug-likeness (QED) is 0.789. The third-order valence-corrected chi connectivity index (χ3v) is 3.81. The van der Waals surface area contributed by atoms with Gasteiger partial charge in [0.25, 0.3) is 0 Å². The Morgan fingerprint density at radius 1 is 1.30 bits per heavy atom. The number of rotatable bonds is 5. The molecular weight excluding hydrogens is 299 g/mol. The number of alkyl halides is 1. The van der Waals surface area contributed by atoms with Crippen molar-refractivity contribution in [1.82, 2.24) is 9.78 Å². The lowest BCUT2D eigenvalue weighted by molar-refractivity contribution is 0.275. The van der Waals surface area contributed by atoms with Crippen LogP contribution in [0.3, 0.4) is 0 Å². The van der Waals surface area contributed by atoms with Gasteiger partial charge in [-0.05, 0) is 24.6 Å². The highest BCUT2D eigenvalue weighted by atomic mass is 35.5. The number of benzene rings is 1. The summed E-state index contributed by atoms with van der Waals surface area (Å²) in [6.45, 7) is 2.18. The average Bonchev–Trinajstić information content (AvgIpc) is 2.70. The van der Waals surface area contributed by atoms with Crippen molar-refractivity contribution in [3.8, 4) is 11.5 Å². The zero-order chi connectivity index (χ0) is 14.7. The first-order valence-electron chi connectivity index (χ1n) is 6.10. The maximum absolute atomic E-state index is 6.20. The fourth-order valence-corrected chi connectivity index (χ4v) is 2.28. The van der Waals surface area contributed by atoms with Crippen molar-refractivity contribution in [2.45, 2.75) is 19.4 Å². The van der Waals surface area contributed by atoms with Gasteiger partial charge in [-0.1, -0.05) is 17.7 Å². The third kappa shape index (κ3) is 3.02. The Bertz CT molecular complexity index is 611. The molecule has 6 heteroatoms. The summed E-state index contributed by atoms with van der Waals surface area (Å²) in [6, 6.07) is 5.60. The van der Waals surface area contributed by atoms with E-state index < -0.39 is 0 Å². The SMILES string of the molecule is COc1ccc(CCl)cc1OCc1c(Cl)c(C)nn1C. The van der Waals surface area contributed by atoms with Crippen LogP contribution < -0.4 is 9.47 Å². The minimum absolute atomic E-state index is 0.318. The first kappa shape index (κ1) is 15.0. The molecule has 108 valence electrons. The fourth-order valence-electron chi connectivity index (χ4n) is 1.90. The second kappa shape index (κ2) is 6.37. The number of ether oxygens (including phenoxy) is 2. The molecule has 0 saturated heterocycles. The number of aryl methyl sites for hydroxylation is 2. The first-order valence-corrected chi connectivity index (χ1v) is 7.01. The minimum atomic E-state index is 0.318. The predicted octanol–water partition coefficient (Wildman–Crippen LogP) is 3.71. The zero-order valence-electron chi connectivity index (χ0n) is 11.6. The van der Waals surface area contributed by atoms with Crippen molar-refractivity contribution in [2.75, 3.05) is 7.11 Å². The van der Waals surface area contributed by atoms with Crippen molar-refractivity contribution < 1.29 is 9.47 Å². The molecule has 0 spiro atoms. The van der Waals surface area contributed by atoms with Crippen LogP contribution in [-0.2, 0) is 19.5 Å². The molecule has 0 aliphatic heterocycles. The van der Waals surface area contributed by atoms with Crippen LogP contribution >= 0.6 is 23.2 Å². The van der Waals surface area contributed by atoms with Gasteiger partial charge in [0.1, 0.15) is 6.61 Å². The van der Waals surface area contributed by atoms with Gasteiger partial charge >= 0.3 is 0 Å². The predicted molar refractivity (Wildman–Crippen MR) is 79.8 cm³/mol. The Morgan fingerprint density at radius 3 is 2.60 bits per heavy atom. The van der Waals surface area contributed by atoms with Gasteiger partial charge in [0.05, 0.1) is 23.5 Å². The maximum atomic E-state index is 6.20. The molecule has 0 aliphatic rings. The zero-order valence-corrected chi connectivity index (χ0v) is 13.1. The topological polar surface area (TPSA) is 36.3 Å². The lowest BCUT2D eigenvalue weighted by Gasteiger charge is -2.12. The molecule has 1 aromatic carbocycles. The molecule has 20 heavy (non-hydrogen) atoms. The van der Waals surface area contributed by atoms with Crippen LogP contribution in [0.15, 0.2) is 18.2 Å². The number of halogens is 2. The second-order valence-electron chi connectivity index (χ2n) is 4.38. The van der Waals surface area contributed by atoms with Crippen LogP contribution in [0.25, 0.3) is 0 Å². The molecule has 0 N–H and O–H groups in total. The molecule has 1 heterocycles. The number of methoxy groups -OCH3 is 1. The van der Waals surface area contributed by atoms with Gasteiger partial charge in [0.15, 0.2) is 11.5 Å². The van der Waals surface area contributed by atoms with Crippen LogP contribution in [0.4, 0.5) is 0 Å². The molecule has 0 amide bonds. The summed E-state index contributed by atoms with van der Waals surface area (Å²) < 4.78 is 12.8. The average molecular weight is 315 g/mol. The molecule has 0 saturated carbocycles. The van der Waals surface area contributed by atoms with Gasteiger partial charge in [0, 0.05) is 12.9 Å². The van der Waals surface area contributed by atoms with Crippen molar-refractivity contribution in [3.63, 3.8) is 0 Å². The normalized spacial score (nSPS) is 10.7. The Hall–Kier alpha value is -1.39. The summed E-state index contributed by atoms with van der Waals surface area (Å²) in [5, 5.41) is 4.88. The van der Waals surface area contributed by atoms with Crippen LogP contribution in [0, 0.1) is 6.92 Å². The van der Waals surface area contributed by atoms with E-state index >= 15 is 0 Å². The van der Waals surface area contributed by atoms with E-state index in [2.05, 4.69) is 5.10 Å². The van der Waals surface area contributed by atoms with Gasteiger partial charge in [-0.25, -0.2) is 0 Å². The van der Waals surface area contributed by atoms with Gasteiger partial charge in [-0.3, -0.25) is 4.68 Å². The highest BCUT2D eigenvalue weighted by molar-refractivity contribution is 6.31. The van der Waals surface area contributed by atoms with E-state index in [0.717, 1.165) is 17.0 Å². The number of nitrogens with zero attached hydrogens (tertiary/aromatic N) is 2. The van der Waals surface area contributed by atoms with E-state index in [1.165, 1.54) is 0 Å². The van der Waals surface area contributed by atoms with Crippen molar-refractivity contribution in [3.05, 3.63) is 40.2 Å². The molecule has 4 nitrogen and oxygen atoms in total. The van der Waals surface area contributed by atoms with Crippen molar-refractivity contribution in [1.29, 1.82) is 0 Å². The molecule has 1 aromatic heterocycles. The molecule has 0 radical (unpaired) electrons. The van der Waals surface area contributed by atoms with Crippen molar-refractivity contribution >= 4 is 23.2 Å². The highest BCUT2D eigenvalue weighted by Gasteiger charge is 2.13. The molecule has 0 fully saturated rings. The Morgan fingerprint density at radius 2 is 2.05 bits per heavy atom. The van der Waals surface area contributed by atoms with E-state index in [9.17, 15) is 0 Å². The Kier molecular flexibility index (Phi) is 4.78. The summed E-state index contributed by atoms with van der Waals surface area (Å²) in [5.41, 5.74) is 2.58. The maximum Gasteiger partial charge on any atom is 0.162 e. The minimum Gasteiger partial charge on any atom is -0.493 e. The van der Waals surface area contributed by atoms with Crippen LogP contribution in [0.1, 0.15) is 17.0 Å². The van der Waals surface area contributed by atoms with Crippen LogP contribution in [0.5, 0.6) is 11.5 Å². The standard InChI is InChI=1S/C14H16Cl2N2O2/c1-9-14(16)11(18(2)17-9)8-20-13-6-10(7-15)4-5-12(13)19-3/h4-6H,7-8H2,1-3H3. The fraction of sp³-hybridized carbons (Fsp3) is 0.357. The molecule has 0 aliphatic carbocycles. The van der Waals surface area contributed by atoms with Crippen molar-refractivity contribution in [2.24, 2.45) is 7.05 Å². The second-order valence-corrected chi connectivity index (χ2v) is 5.02. The van der Waals surface area contributed by atoms with E-state index in [1.807, 2.05) is 32.2 Å². The lowest BCUT2D eigenvalue weighted by atomic mass is 10.2. The van der Waals surface area contributed by atoms with Crippen LogP contribution in [0.2, 0.25) is 5.02 Å². The smallest absolute Gasteiger partial charge is 0.162 e. The highest BCUT2D eigenvalue weighted by Crippen LogP contribution is 2.30. The molecule has 0 bridgehead atoms. The van der Waals surface area contributed by atoms with E-state index in [1.54, 1.807) is 11.8 Å². The summed E-state index contributed by atoms with van der Waals surface area (Å²) in [5.74, 6) is 1.72. The van der Waals surface area contributed by atoms with E-state index in [0.29, 0.717) is 29.0 Å². The summed E-state index contributed by atoms with van der Waals surface area (Å²) in [7, 11) is 3.44. The Balaban J connectivity index is 2.21. The number of aromatic nitrogens is 2. The third-order valence-electron chi connectivity index (χ3n) is 3.01. The Labute approximate surface area is 128 Å². The van der Waals surface area contributed by atoms with Gasteiger partial charge in [-0.2, -0.15) is 5.10 Å². The molecule has 0 atom stereocenters. The number of hydrogen-bond acceptors (Lipinski definition) is 3. The molecule has 2 aromatic rings. The summed E-state index contributed by atoms with van der Waals surface area (Å²) in [6.07, 6.45) is 0. The summed E-state index contributed by atoms with van der Waals surface area (Å²) in [4.78, 5) is 0. The van der Waals surface area contributed by atoms with E-state index in [-0.39, 0.29) is 0 Å². The monoisotopic (exact) mass is 314 g/mol. The van der Waals surface area contributed by atoms with Crippen LogP contribution in [-0.4, -0.2) is 16.9 Å². The lowest BCUT2D eigenvalue weighted by Crippen LogP contribution is -2.04. The van der Waals surface area contributed by atoms with Gasteiger partial charge in [-0.15, -0.1) is 11.6 Å². The summed E-state index contributed by atoms with van der Waals surface area (Å²) >= 11 is 12.0. The molecular formula is C14H16Cl2N2O2. The molecule has 2 rings (SSSR count).